The zero-order chi connectivity index (χ0) is 58.5. The van der Waals surface area contributed by atoms with Crippen molar-refractivity contribution in [3.8, 4) is 0 Å². The van der Waals surface area contributed by atoms with E-state index in [4.69, 9.17) is 14.2 Å². The summed E-state index contributed by atoms with van der Waals surface area (Å²) in [5.41, 5.74) is 0. The molecule has 0 saturated heterocycles. The first-order chi connectivity index (χ1) is 40.0. The minimum Gasteiger partial charge on any atom is -0.462 e. The van der Waals surface area contributed by atoms with Gasteiger partial charge in [0.15, 0.2) is 6.10 Å². The number of esters is 3. The van der Waals surface area contributed by atoms with Crippen LogP contribution in [0.2, 0.25) is 0 Å². The monoisotopic (exact) mass is 1130 g/mol. The third kappa shape index (κ3) is 67.8. The van der Waals surface area contributed by atoms with Gasteiger partial charge in [-0.25, -0.2) is 0 Å². The Morgan fingerprint density at radius 2 is 0.506 bits per heavy atom. The summed E-state index contributed by atoms with van der Waals surface area (Å²) in [4.78, 5) is 38.3. The highest BCUT2D eigenvalue weighted by atomic mass is 16.6. The van der Waals surface area contributed by atoms with Crippen LogP contribution in [0.5, 0.6) is 0 Å². The van der Waals surface area contributed by atoms with Crippen molar-refractivity contribution in [2.75, 3.05) is 13.2 Å². The lowest BCUT2D eigenvalue weighted by Gasteiger charge is -2.18. The first-order valence-corrected chi connectivity index (χ1v) is 35.8. The van der Waals surface area contributed by atoms with Gasteiger partial charge in [-0.1, -0.05) is 351 Å². The molecule has 0 N–H and O–H groups in total. The Hall–Kier alpha value is -2.89. The van der Waals surface area contributed by atoms with Gasteiger partial charge < -0.3 is 14.2 Å². The molecule has 1 unspecified atom stereocenters. The van der Waals surface area contributed by atoms with Crippen molar-refractivity contribution in [3.63, 3.8) is 0 Å². The average Bonchev–Trinajstić information content (AvgIpc) is 3.46. The maximum atomic E-state index is 12.9. The Labute approximate surface area is 504 Å². The summed E-state index contributed by atoms with van der Waals surface area (Å²) in [5.74, 6) is -0.964. The molecule has 0 spiro atoms. The summed E-state index contributed by atoms with van der Waals surface area (Å²) in [6.07, 6.45) is 90.1. The van der Waals surface area contributed by atoms with E-state index in [0.29, 0.717) is 19.3 Å². The van der Waals surface area contributed by atoms with Crippen molar-refractivity contribution in [2.45, 2.75) is 386 Å². The number of rotatable bonds is 66. The van der Waals surface area contributed by atoms with Crippen LogP contribution in [0, 0.1) is 0 Å². The predicted molar refractivity (Wildman–Crippen MR) is 353 cm³/mol. The van der Waals surface area contributed by atoms with E-state index in [-0.39, 0.29) is 37.5 Å². The molecule has 0 aromatic rings. The van der Waals surface area contributed by atoms with Crippen LogP contribution in [-0.2, 0) is 28.6 Å². The maximum Gasteiger partial charge on any atom is 0.306 e. The lowest BCUT2D eigenvalue weighted by atomic mass is 10.0. The SMILES string of the molecule is CC/C=C\C/C=C\C/C=C\C/C=C\CCC(=O)OCC(COC(=O)CCCCCCCCCCCCCCCCCCCCCCCCCCCCCCCCCC)OC(=O)CCCCCCCCC/C=C\CCCCCCCCC. The number of hydrogen-bond acceptors (Lipinski definition) is 6. The molecule has 472 valence electrons. The summed E-state index contributed by atoms with van der Waals surface area (Å²) in [7, 11) is 0. The van der Waals surface area contributed by atoms with Crippen LogP contribution >= 0.6 is 0 Å². The molecule has 0 aliphatic rings. The number of carbonyl (C=O) groups is 3. The maximum absolute atomic E-state index is 12.9. The van der Waals surface area contributed by atoms with Crippen molar-refractivity contribution < 1.29 is 28.6 Å². The molecule has 0 aromatic heterocycles. The first-order valence-electron chi connectivity index (χ1n) is 35.8. The van der Waals surface area contributed by atoms with Crippen LogP contribution < -0.4 is 0 Å². The summed E-state index contributed by atoms with van der Waals surface area (Å²) in [6.45, 7) is 6.51. The van der Waals surface area contributed by atoms with Gasteiger partial charge in [-0.2, -0.15) is 0 Å². The van der Waals surface area contributed by atoms with Gasteiger partial charge in [0.05, 0.1) is 0 Å². The normalized spacial score (nSPS) is 12.4. The van der Waals surface area contributed by atoms with E-state index in [1.807, 2.05) is 6.08 Å². The first kappa shape index (κ1) is 78.1. The van der Waals surface area contributed by atoms with Crippen molar-refractivity contribution >= 4 is 17.9 Å². The highest BCUT2D eigenvalue weighted by molar-refractivity contribution is 5.71. The number of unbranched alkanes of at least 4 members (excludes halogenated alkanes) is 45. The summed E-state index contributed by atoms with van der Waals surface area (Å²) in [5, 5.41) is 0. The molecule has 0 radical (unpaired) electrons. The smallest absolute Gasteiger partial charge is 0.306 e. The molecule has 6 nitrogen and oxygen atoms in total. The third-order valence-electron chi connectivity index (χ3n) is 16.0. The van der Waals surface area contributed by atoms with Gasteiger partial charge in [-0.05, 0) is 70.6 Å². The highest BCUT2D eigenvalue weighted by Gasteiger charge is 2.19. The van der Waals surface area contributed by atoms with E-state index < -0.39 is 6.10 Å². The van der Waals surface area contributed by atoms with Gasteiger partial charge in [-0.15, -0.1) is 0 Å². The van der Waals surface area contributed by atoms with Crippen LogP contribution in [0.15, 0.2) is 60.8 Å². The Bertz CT molecular complexity index is 1440. The quantitative estimate of drug-likeness (QED) is 0.0261. The summed E-state index contributed by atoms with van der Waals surface area (Å²) in [6, 6.07) is 0. The fourth-order valence-corrected chi connectivity index (χ4v) is 10.7. The largest absolute Gasteiger partial charge is 0.462 e. The van der Waals surface area contributed by atoms with Gasteiger partial charge in [0, 0.05) is 19.3 Å². The Kier molecular flexibility index (Phi) is 67.1. The van der Waals surface area contributed by atoms with Crippen LogP contribution in [0.3, 0.4) is 0 Å². The molecule has 0 aliphatic heterocycles. The molecular weight excluding hydrogens is 997 g/mol. The topological polar surface area (TPSA) is 78.9 Å². The van der Waals surface area contributed by atoms with Gasteiger partial charge >= 0.3 is 17.9 Å². The minimum absolute atomic E-state index is 0.0946. The van der Waals surface area contributed by atoms with E-state index in [9.17, 15) is 14.4 Å². The average molecular weight is 1130 g/mol. The van der Waals surface area contributed by atoms with Crippen LogP contribution in [0.4, 0.5) is 0 Å². The van der Waals surface area contributed by atoms with Gasteiger partial charge in [0.2, 0.25) is 0 Å². The Morgan fingerprint density at radius 1 is 0.259 bits per heavy atom. The molecule has 0 heterocycles. The zero-order valence-electron chi connectivity index (χ0n) is 54.3. The molecule has 0 rings (SSSR count). The van der Waals surface area contributed by atoms with E-state index in [1.54, 1.807) is 0 Å². The van der Waals surface area contributed by atoms with Crippen LogP contribution in [0.25, 0.3) is 0 Å². The fraction of sp³-hybridized carbons (Fsp3) is 0.827. The molecule has 1 atom stereocenters. The number of hydrogen-bond donors (Lipinski definition) is 0. The Balaban J connectivity index is 4.16. The van der Waals surface area contributed by atoms with E-state index >= 15 is 0 Å². The molecule has 0 aromatic carbocycles. The highest BCUT2D eigenvalue weighted by Crippen LogP contribution is 2.19. The molecule has 81 heavy (non-hydrogen) atoms. The summed E-state index contributed by atoms with van der Waals surface area (Å²) < 4.78 is 16.9. The third-order valence-corrected chi connectivity index (χ3v) is 16.0. The van der Waals surface area contributed by atoms with Crippen LogP contribution in [-0.4, -0.2) is 37.2 Å². The second-order valence-corrected chi connectivity index (χ2v) is 24.1. The molecule has 0 saturated carbocycles. The predicted octanol–water partition coefficient (Wildman–Crippen LogP) is 24.7. The second kappa shape index (κ2) is 69.6. The Morgan fingerprint density at radius 3 is 0.827 bits per heavy atom. The van der Waals surface area contributed by atoms with E-state index in [0.717, 1.165) is 64.2 Å². The minimum atomic E-state index is -0.805. The van der Waals surface area contributed by atoms with Gasteiger partial charge in [0.1, 0.15) is 13.2 Å². The lowest BCUT2D eigenvalue weighted by molar-refractivity contribution is -0.166. The molecule has 0 aliphatic carbocycles. The second-order valence-electron chi connectivity index (χ2n) is 24.1. The van der Waals surface area contributed by atoms with E-state index in [2.05, 4.69) is 75.5 Å². The molecular formula is C75H136O6. The van der Waals surface area contributed by atoms with Crippen molar-refractivity contribution in [1.82, 2.24) is 0 Å². The fourth-order valence-electron chi connectivity index (χ4n) is 10.7. The number of allylic oxidation sites excluding steroid dienone is 10. The van der Waals surface area contributed by atoms with Crippen LogP contribution in [0.1, 0.15) is 380 Å². The summed E-state index contributed by atoms with van der Waals surface area (Å²) >= 11 is 0. The van der Waals surface area contributed by atoms with E-state index in [1.165, 1.54) is 270 Å². The molecule has 0 fully saturated rings. The van der Waals surface area contributed by atoms with Gasteiger partial charge in [0.25, 0.3) is 0 Å². The number of ether oxygens (including phenoxy) is 3. The van der Waals surface area contributed by atoms with Gasteiger partial charge in [-0.3, -0.25) is 14.4 Å². The number of carbonyl (C=O) groups excluding carboxylic acids is 3. The zero-order valence-corrected chi connectivity index (χ0v) is 54.3. The molecule has 6 heteroatoms. The molecule has 0 bridgehead atoms. The molecule has 0 amide bonds. The van der Waals surface area contributed by atoms with Crippen molar-refractivity contribution in [1.29, 1.82) is 0 Å². The van der Waals surface area contributed by atoms with Crippen molar-refractivity contribution in [3.05, 3.63) is 60.8 Å². The standard InChI is InChI=1S/C75H136O6/c1-4-7-10-13-16-19-22-25-27-29-31-32-33-34-35-36-37-38-39-40-41-42-43-44-46-47-50-53-56-59-62-65-68-74(77)80-71-72(70-79-73(76)67-64-61-58-55-52-49-24-21-18-15-12-9-6-3)81-75(78)69-66-63-60-57-54-51-48-45-30-28-26-23-20-17-14-11-8-5-2/h9,12,18,21,28,30,49,52,58,61,72H,4-8,10-11,13-17,19-20,22-27,29,31-48,50-51,53-57,59-60,62-71H2,1-3H3/b12-9-,21-18-,30-28-,52-49-,61-58-. The van der Waals surface area contributed by atoms with Crippen molar-refractivity contribution in [2.24, 2.45) is 0 Å². The lowest BCUT2D eigenvalue weighted by Crippen LogP contribution is -2.30.